The maximum atomic E-state index is 10.1. The second-order valence-corrected chi connectivity index (χ2v) is 7.75. The minimum atomic E-state index is -0.425. The Morgan fingerprint density at radius 3 is 2.55 bits per heavy atom. The molecule has 0 aromatic carbocycles. The van der Waals surface area contributed by atoms with Crippen LogP contribution in [-0.4, -0.2) is 48.3 Å². The van der Waals surface area contributed by atoms with Gasteiger partial charge in [0.05, 0.1) is 5.60 Å². The van der Waals surface area contributed by atoms with Crippen LogP contribution < -0.4 is 5.32 Å². The van der Waals surface area contributed by atoms with E-state index in [-0.39, 0.29) is 0 Å². The van der Waals surface area contributed by atoms with Gasteiger partial charge in [-0.15, -0.1) is 0 Å². The monoisotopic (exact) mass is 282 g/mol. The minimum absolute atomic E-state index is 0.425. The first kappa shape index (κ1) is 16.3. The summed E-state index contributed by atoms with van der Waals surface area (Å²) in [6.45, 7) is 12.2. The van der Waals surface area contributed by atoms with E-state index in [2.05, 4.69) is 24.1 Å². The highest BCUT2D eigenvalue weighted by Crippen LogP contribution is 2.40. The van der Waals surface area contributed by atoms with Crippen LogP contribution in [0, 0.1) is 11.3 Å². The predicted octanol–water partition coefficient (Wildman–Crippen LogP) is 2.64. The summed E-state index contributed by atoms with van der Waals surface area (Å²) < 4.78 is 0. The molecule has 1 saturated carbocycles. The molecular weight excluding hydrogens is 248 g/mol. The molecule has 2 fully saturated rings. The molecule has 3 nitrogen and oxygen atoms in total. The molecule has 2 N–H and O–H groups in total. The first-order valence-electron chi connectivity index (χ1n) is 8.60. The van der Waals surface area contributed by atoms with Gasteiger partial charge in [-0.1, -0.05) is 26.7 Å². The molecule has 1 heterocycles. The molecule has 3 heteroatoms. The van der Waals surface area contributed by atoms with E-state index in [4.69, 9.17) is 0 Å². The van der Waals surface area contributed by atoms with Crippen LogP contribution in [0.5, 0.6) is 0 Å². The lowest BCUT2D eigenvalue weighted by molar-refractivity contribution is -0.0224. The van der Waals surface area contributed by atoms with Crippen LogP contribution in [-0.2, 0) is 0 Å². The summed E-state index contributed by atoms with van der Waals surface area (Å²) in [6.07, 6.45) is 7.39. The van der Waals surface area contributed by atoms with E-state index in [1.807, 2.05) is 6.92 Å². The molecule has 0 aromatic heterocycles. The Labute approximate surface area is 125 Å². The van der Waals surface area contributed by atoms with Gasteiger partial charge in [-0.2, -0.15) is 0 Å². The van der Waals surface area contributed by atoms with Crippen LogP contribution in [0.15, 0.2) is 0 Å². The van der Waals surface area contributed by atoms with Crippen LogP contribution in [0.2, 0.25) is 0 Å². The third-order valence-electron chi connectivity index (χ3n) is 5.43. The van der Waals surface area contributed by atoms with Crippen LogP contribution in [0.4, 0.5) is 0 Å². The topological polar surface area (TPSA) is 35.5 Å². The van der Waals surface area contributed by atoms with Crippen molar-refractivity contribution in [1.29, 1.82) is 0 Å². The molecule has 1 saturated heterocycles. The molecule has 0 spiro atoms. The largest absolute Gasteiger partial charge is 0.390 e. The van der Waals surface area contributed by atoms with Gasteiger partial charge in [0.15, 0.2) is 0 Å². The Hall–Kier alpha value is -0.120. The summed E-state index contributed by atoms with van der Waals surface area (Å²) in [5.74, 6) is 0.871. The number of likely N-dealkylation sites (tertiary alicyclic amines) is 1. The average molecular weight is 282 g/mol. The quantitative estimate of drug-likeness (QED) is 0.814. The number of piperidine rings is 1. The molecule has 118 valence electrons. The molecule has 2 unspecified atom stereocenters. The zero-order chi connectivity index (χ0) is 14.6. The van der Waals surface area contributed by atoms with E-state index in [0.717, 1.165) is 38.4 Å². The zero-order valence-corrected chi connectivity index (χ0v) is 13.7. The molecule has 0 bridgehead atoms. The molecule has 1 aliphatic heterocycles. The number of rotatable bonds is 5. The Morgan fingerprint density at radius 1 is 1.25 bits per heavy atom. The fraction of sp³-hybridized carbons (Fsp3) is 1.00. The van der Waals surface area contributed by atoms with Crippen molar-refractivity contribution < 1.29 is 5.11 Å². The third-order valence-corrected chi connectivity index (χ3v) is 5.43. The van der Waals surface area contributed by atoms with Gasteiger partial charge in [-0.3, -0.25) is 0 Å². The molecule has 1 aliphatic carbocycles. The van der Waals surface area contributed by atoms with Crippen molar-refractivity contribution in [2.75, 3.05) is 32.7 Å². The fourth-order valence-corrected chi connectivity index (χ4v) is 4.19. The summed E-state index contributed by atoms with van der Waals surface area (Å²) in [7, 11) is 0. The second-order valence-electron chi connectivity index (χ2n) is 7.75. The number of nitrogens with one attached hydrogen (secondary N) is 1. The summed E-state index contributed by atoms with van der Waals surface area (Å²) in [5.41, 5.74) is 0.0437. The molecule has 2 aliphatic rings. The lowest BCUT2D eigenvalue weighted by Gasteiger charge is -2.46. The van der Waals surface area contributed by atoms with Gasteiger partial charge >= 0.3 is 0 Å². The molecule has 20 heavy (non-hydrogen) atoms. The predicted molar refractivity (Wildman–Crippen MR) is 84.9 cm³/mol. The molecule has 2 atom stereocenters. The van der Waals surface area contributed by atoms with Crippen molar-refractivity contribution in [3.05, 3.63) is 0 Å². The van der Waals surface area contributed by atoms with Gasteiger partial charge in [0.2, 0.25) is 0 Å². The highest BCUT2D eigenvalue weighted by atomic mass is 16.3. The number of nitrogens with zero attached hydrogens (tertiary/aromatic N) is 1. The number of aliphatic hydroxyl groups is 1. The maximum absolute atomic E-state index is 10.1. The zero-order valence-electron chi connectivity index (χ0n) is 13.7. The lowest BCUT2D eigenvalue weighted by atomic mass is 9.69. The van der Waals surface area contributed by atoms with Gasteiger partial charge in [0.25, 0.3) is 0 Å². The Kier molecular flexibility index (Phi) is 5.49. The molecule has 0 amide bonds. The number of hydrogen-bond donors (Lipinski definition) is 2. The van der Waals surface area contributed by atoms with E-state index < -0.39 is 5.60 Å². The summed E-state index contributed by atoms with van der Waals surface area (Å²) >= 11 is 0. The van der Waals surface area contributed by atoms with Gasteiger partial charge in [0, 0.05) is 26.2 Å². The van der Waals surface area contributed by atoms with Crippen LogP contribution in [0.1, 0.15) is 59.3 Å². The average Bonchev–Trinajstić information content (AvgIpc) is 2.39. The minimum Gasteiger partial charge on any atom is -0.390 e. The standard InChI is InChI=1S/C17H34N2O/c1-4-18-13-17(7-5-6-15(2)12-17)14-19-10-8-16(3,20)9-11-19/h15,18,20H,4-14H2,1-3H3. The first-order valence-corrected chi connectivity index (χ1v) is 8.60. The summed E-state index contributed by atoms with van der Waals surface area (Å²) in [4.78, 5) is 2.60. The van der Waals surface area contributed by atoms with Crippen molar-refractivity contribution in [3.63, 3.8) is 0 Å². The van der Waals surface area contributed by atoms with E-state index in [1.165, 1.54) is 38.8 Å². The van der Waals surface area contributed by atoms with Gasteiger partial charge < -0.3 is 15.3 Å². The third kappa shape index (κ3) is 4.44. The van der Waals surface area contributed by atoms with Crippen LogP contribution in [0.3, 0.4) is 0 Å². The van der Waals surface area contributed by atoms with Gasteiger partial charge in [-0.25, -0.2) is 0 Å². The Bertz CT molecular complexity index is 295. The second kappa shape index (κ2) is 6.76. The fourth-order valence-electron chi connectivity index (χ4n) is 4.19. The Morgan fingerprint density at radius 2 is 1.95 bits per heavy atom. The number of hydrogen-bond acceptors (Lipinski definition) is 3. The van der Waals surface area contributed by atoms with Crippen molar-refractivity contribution in [2.24, 2.45) is 11.3 Å². The van der Waals surface area contributed by atoms with Crippen LogP contribution in [0.25, 0.3) is 0 Å². The molecule has 0 aromatic rings. The van der Waals surface area contributed by atoms with E-state index >= 15 is 0 Å². The van der Waals surface area contributed by atoms with Crippen molar-refractivity contribution in [1.82, 2.24) is 10.2 Å². The smallest absolute Gasteiger partial charge is 0.0644 e. The maximum Gasteiger partial charge on any atom is 0.0644 e. The van der Waals surface area contributed by atoms with E-state index in [0.29, 0.717) is 5.41 Å². The van der Waals surface area contributed by atoms with Crippen molar-refractivity contribution in [2.45, 2.75) is 64.9 Å². The van der Waals surface area contributed by atoms with Crippen molar-refractivity contribution in [3.8, 4) is 0 Å². The highest BCUT2D eigenvalue weighted by Gasteiger charge is 2.38. The first-order chi connectivity index (χ1) is 9.45. The highest BCUT2D eigenvalue weighted by molar-refractivity contribution is 4.92. The lowest BCUT2D eigenvalue weighted by Crippen LogP contribution is -2.50. The van der Waals surface area contributed by atoms with Gasteiger partial charge in [0.1, 0.15) is 0 Å². The van der Waals surface area contributed by atoms with Gasteiger partial charge in [-0.05, 0) is 50.5 Å². The Balaban J connectivity index is 1.93. The van der Waals surface area contributed by atoms with E-state index in [1.54, 1.807) is 0 Å². The summed E-state index contributed by atoms with van der Waals surface area (Å²) in [5, 5.41) is 13.7. The summed E-state index contributed by atoms with van der Waals surface area (Å²) in [6, 6.07) is 0. The van der Waals surface area contributed by atoms with E-state index in [9.17, 15) is 5.11 Å². The molecule has 2 rings (SSSR count). The SMILES string of the molecule is CCNCC1(CN2CCC(C)(O)CC2)CCCC(C)C1. The molecular formula is C17H34N2O. The molecule has 0 radical (unpaired) electrons. The van der Waals surface area contributed by atoms with Crippen LogP contribution >= 0.6 is 0 Å². The van der Waals surface area contributed by atoms with Crippen molar-refractivity contribution >= 4 is 0 Å². The normalized spacial score (nSPS) is 35.1.